The van der Waals surface area contributed by atoms with Gasteiger partial charge in [-0.1, -0.05) is 13.0 Å². The summed E-state index contributed by atoms with van der Waals surface area (Å²) in [5, 5.41) is 3.25. The molecule has 1 heterocycles. The second-order valence-corrected chi connectivity index (χ2v) is 7.83. The molecule has 0 unspecified atom stereocenters. The van der Waals surface area contributed by atoms with Gasteiger partial charge in [-0.2, -0.15) is 4.31 Å². The van der Waals surface area contributed by atoms with Gasteiger partial charge in [0.15, 0.2) is 0 Å². The van der Waals surface area contributed by atoms with Crippen LogP contribution < -0.4 is 11.1 Å². The Labute approximate surface area is 138 Å². The van der Waals surface area contributed by atoms with Crippen molar-refractivity contribution in [3.8, 4) is 0 Å². The summed E-state index contributed by atoms with van der Waals surface area (Å²) in [6.45, 7) is 5.83. The lowest BCUT2D eigenvalue weighted by Crippen LogP contribution is -2.46. The third-order valence-electron chi connectivity index (χ3n) is 4.24. The van der Waals surface area contributed by atoms with Crippen LogP contribution in [0.1, 0.15) is 42.1 Å². The number of carbonyl (C=O) groups is 1. The van der Waals surface area contributed by atoms with Crippen molar-refractivity contribution in [3.63, 3.8) is 0 Å². The molecule has 1 amide bonds. The number of nitrogens with zero attached hydrogens (tertiary/aromatic N) is 1. The third-order valence-corrected chi connectivity index (χ3v) is 6.19. The molecule has 0 aliphatic carbocycles. The molecule has 2 rings (SSSR count). The van der Waals surface area contributed by atoms with Gasteiger partial charge < -0.3 is 11.1 Å². The van der Waals surface area contributed by atoms with E-state index in [2.05, 4.69) is 5.32 Å². The molecule has 1 aromatic carbocycles. The predicted molar refractivity (Wildman–Crippen MR) is 89.8 cm³/mol. The number of rotatable bonds is 6. The van der Waals surface area contributed by atoms with Gasteiger partial charge in [0.1, 0.15) is 0 Å². The van der Waals surface area contributed by atoms with Gasteiger partial charge in [0.2, 0.25) is 15.9 Å². The quantitative estimate of drug-likeness (QED) is 0.816. The van der Waals surface area contributed by atoms with Crippen LogP contribution in [0.15, 0.2) is 23.1 Å². The van der Waals surface area contributed by atoms with Gasteiger partial charge in [0.05, 0.1) is 4.90 Å². The Bertz CT molecular complexity index is 667. The van der Waals surface area contributed by atoms with Crippen LogP contribution in [0.2, 0.25) is 0 Å². The molecule has 0 radical (unpaired) electrons. The summed E-state index contributed by atoms with van der Waals surface area (Å²) in [7, 11) is -3.64. The summed E-state index contributed by atoms with van der Waals surface area (Å²) in [6, 6.07) is 4.59. The Hall–Kier alpha value is -1.44. The summed E-state index contributed by atoms with van der Waals surface area (Å²) < 4.78 is 27.7. The number of primary amides is 1. The van der Waals surface area contributed by atoms with E-state index in [0.29, 0.717) is 12.1 Å². The molecule has 1 saturated heterocycles. The number of aryl methyl sites for hydroxylation is 1. The second kappa shape index (κ2) is 7.42. The van der Waals surface area contributed by atoms with Gasteiger partial charge in [-0.25, -0.2) is 8.42 Å². The zero-order valence-corrected chi connectivity index (χ0v) is 14.5. The number of carbonyl (C=O) groups excluding carboxylic acids is 1. The highest BCUT2D eigenvalue weighted by Crippen LogP contribution is 2.24. The van der Waals surface area contributed by atoms with Crippen LogP contribution in [0.25, 0.3) is 0 Å². The minimum atomic E-state index is -3.64. The Morgan fingerprint density at radius 3 is 2.57 bits per heavy atom. The first-order chi connectivity index (χ1) is 10.9. The highest BCUT2D eigenvalue weighted by Gasteiger charge is 2.32. The number of sulfonamides is 1. The van der Waals surface area contributed by atoms with Crippen LogP contribution in [0.4, 0.5) is 0 Å². The molecular formula is C16H25N3O3S. The summed E-state index contributed by atoms with van der Waals surface area (Å²) in [5.41, 5.74) is 6.29. The average molecular weight is 339 g/mol. The van der Waals surface area contributed by atoms with E-state index in [1.165, 1.54) is 6.07 Å². The molecule has 1 aliphatic heterocycles. The van der Waals surface area contributed by atoms with E-state index < -0.39 is 15.9 Å². The molecule has 0 saturated carbocycles. The number of hydrogen-bond donors (Lipinski definition) is 2. The lowest BCUT2D eigenvalue weighted by molar-refractivity contribution is 0.0999. The number of hydrogen-bond acceptors (Lipinski definition) is 4. The standard InChI is InChI=1S/C16H25N3O3S/c1-3-10-19(13-6-8-18-9-7-13)23(21,22)14-5-4-12(2)15(11-14)16(17)20/h4-5,11,13,18H,3,6-10H2,1-2H3,(H2,17,20). The SMILES string of the molecule is CCCN(C1CCNCC1)S(=O)(=O)c1ccc(C)c(C(N)=O)c1. The largest absolute Gasteiger partial charge is 0.366 e. The van der Waals surface area contributed by atoms with Gasteiger partial charge in [-0.3, -0.25) is 4.79 Å². The molecule has 23 heavy (non-hydrogen) atoms. The second-order valence-electron chi connectivity index (χ2n) is 5.94. The van der Waals surface area contributed by atoms with E-state index >= 15 is 0 Å². The Kier molecular flexibility index (Phi) is 5.78. The van der Waals surface area contributed by atoms with Crippen LogP contribution >= 0.6 is 0 Å². The van der Waals surface area contributed by atoms with Crippen molar-refractivity contribution in [1.82, 2.24) is 9.62 Å². The van der Waals surface area contributed by atoms with Crippen molar-refractivity contribution in [2.24, 2.45) is 5.73 Å². The van der Waals surface area contributed by atoms with Crippen LogP contribution in [0.3, 0.4) is 0 Å². The van der Waals surface area contributed by atoms with Gasteiger partial charge in [-0.05, 0) is 57.0 Å². The van der Waals surface area contributed by atoms with Crippen molar-refractivity contribution >= 4 is 15.9 Å². The lowest BCUT2D eigenvalue weighted by atomic mass is 10.1. The molecule has 1 aromatic rings. The van der Waals surface area contributed by atoms with E-state index in [9.17, 15) is 13.2 Å². The van der Waals surface area contributed by atoms with E-state index in [1.54, 1.807) is 23.4 Å². The molecule has 0 atom stereocenters. The molecule has 1 aliphatic rings. The minimum Gasteiger partial charge on any atom is -0.366 e. The molecule has 7 heteroatoms. The normalized spacial score (nSPS) is 16.7. The smallest absolute Gasteiger partial charge is 0.249 e. The molecule has 6 nitrogen and oxygen atoms in total. The molecule has 1 fully saturated rings. The van der Waals surface area contributed by atoms with Gasteiger partial charge in [-0.15, -0.1) is 0 Å². The number of amides is 1. The third kappa shape index (κ3) is 3.91. The van der Waals surface area contributed by atoms with E-state index in [1.807, 2.05) is 6.92 Å². The van der Waals surface area contributed by atoms with Crippen LogP contribution in [-0.2, 0) is 10.0 Å². The van der Waals surface area contributed by atoms with Crippen molar-refractivity contribution in [2.75, 3.05) is 19.6 Å². The number of piperidine rings is 1. The van der Waals surface area contributed by atoms with Gasteiger partial charge in [0, 0.05) is 18.2 Å². The Balaban J connectivity index is 2.40. The van der Waals surface area contributed by atoms with Crippen LogP contribution in [0.5, 0.6) is 0 Å². The van der Waals surface area contributed by atoms with Crippen molar-refractivity contribution in [3.05, 3.63) is 29.3 Å². The first kappa shape index (κ1) is 17.9. The van der Waals surface area contributed by atoms with Crippen molar-refractivity contribution in [2.45, 2.75) is 44.0 Å². The van der Waals surface area contributed by atoms with Crippen LogP contribution in [-0.4, -0.2) is 44.3 Å². The molecule has 0 bridgehead atoms. The highest BCUT2D eigenvalue weighted by molar-refractivity contribution is 7.89. The zero-order valence-electron chi connectivity index (χ0n) is 13.7. The van der Waals surface area contributed by atoms with Crippen LogP contribution in [0, 0.1) is 6.92 Å². The van der Waals surface area contributed by atoms with Crippen molar-refractivity contribution in [1.29, 1.82) is 0 Å². The number of benzene rings is 1. The number of nitrogens with one attached hydrogen (secondary N) is 1. The van der Waals surface area contributed by atoms with Gasteiger partial charge in [0.25, 0.3) is 0 Å². The Morgan fingerprint density at radius 2 is 2.00 bits per heavy atom. The summed E-state index contributed by atoms with van der Waals surface area (Å²) in [4.78, 5) is 11.6. The Morgan fingerprint density at radius 1 is 1.35 bits per heavy atom. The maximum atomic E-state index is 13.1. The lowest BCUT2D eigenvalue weighted by Gasteiger charge is -2.33. The minimum absolute atomic E-state index is 0.000434. The highest BCUT2D eigenvalue weighted by atomic mass is 32.2. The maximum Gasteiger partial charge on any atom is 0.249 e. The van der Waals surface area contributed by atoms with Crippen molar-refractivity contribution < 1.29 is 13.2 Å². The topological polar surface area (TPSA) is 92.5 Å². The summed E-state index contributed by atoms with van der Waals surface area (Å²) in [5.74, 6) is -0.608. The fraction of sp³-hybridized carbons (Fsp3) is 0.562. The summed E-state index contributed by atoms with van der Waals surface area (Å²) in [6.07, 6.45) is 2.35. The van der Waals surface area contributed by atoms with E-state index in [4.69, 9.17) is 5.73 Å². The monoisotopic (exact) mass is 339 g/mol. The molecule has 0 aromatic heterocycles. The van der Waals surface area contributed by atoms with Gasteiger partial charge >= 0.3 is 0 Å². The zero-order chi connectivity index (χ0) is 17.0. The number of nitrogens with two attached hydrogens (primary N) is 1. The molecule has 3 N–H and O–H groups in total. The first-order valence-corrected chi connectivity index (χ1v) is 9.45. The van der Waals surface area contributed by atoms with E-state index in [-0.39, 0.29) is 16.5 Å². The summed E-state index contributed by atoms with van der Waals surface area (Å²) >= 11 is 0. The molecular weight excluding hydrogens is 314 g/mol. The molecule has 128 valence electrons. The van der Waals surface area contributed by atoms with E-state index in [0.717, 1.165) is 32.4 Å². The maximum absolute atomic E-state index is 13.1. The molecule has 0 spiro atoms. The fourth-order valence-corrected chi connectivity index (χ4v) is 4.78. The first-order valence-electron chi connectivity index (χ1n) is 8.01. The predicted octanol–water partition coefficient (Wildman–Crippen LogP) is 1.25. The average Bonchev–Trinajstić information content (AvgIpc) is 2.53. The fourth-order valence-electron chi connectivity index (χ4n) is 2.98.